The Morgan fingerprint density at radius 3 is 1.27 bits per heavy atom. The zero-order valence-corrected chi connectivity index (χ0v) is 20.1. The van der Waals surface area contributed by atoms with Crippen LogP contribution >= 0.6 is 7.72 Å². The lowest BCUT2D eigenvalue weighted by molar-refractivity contribution is 0.0299. The first kappa shape index (κ1) is 28.4. The molecule has 0 aliphatic heterocycles. The van der Waals surface area contributed by atoms with E-state index in [0.29, 0.717) is 16.2 Å². The molecule has 3 aromatic carbocycles. The zero-order valence-electron chi connectivity index (χ0n) is 19.2. The highest BCUT2D eigenvalue weighted by Gasteiger charge is 2.39. The number of carboxylic acid groups (broad SMARTS) is 1. The minimum Gasteiger partial charge on any atom is -0.478 e. The average Bonchev–Trinajstić information content (AvgIpc) is 2.81. The van der Waals surface area contributed by atoms with E-state index in [9.17, 15) is 14.6 Å². The van der Waals surface area contributed by atoms with Crippen molar-refractivity contribution >= 4 is 24.3 Å². The highest BCUT2D eigenvalue weighted by Crippen LogP contribution is 2.46. The fourth-order valence-electron chi connectivity index (χ4n) is 3.09. The Morgan fingerprint density at radius 2 is 1.06 bits per heavy atom. The van der Waals surface area contributed by atoms with E-state index in [0.717, 1.165) is 6.42 Å². The highest BCUT2D eigenvalue weighted by atomic mass is 31.2. The molecule has 7 heteroatoms. The van der Waals surface area contributed by atoms with E-state index < -0.39 is 25.9 Å². The topological polar surface area (TPSA) is 118 Å². The maximum Gasteiger partial charge on any atom is 0.335 e. The second-order valence-electron chi connectivity index (χ2n) is 7.50. The van der Waals surface area contributed by atoms with Gasteiger partial charge in [-0.15, -0.1) is 0 Å². The maximum absolute atomic E-state index is 10.2. The van der Waals surface area contributed by atoms with Crippen LogP contribution in [0, 0.1) is 5.92 Å². The molecule has 2 atom stereocenters. The molecule has 178 valence electrons. The number of hydrogen-bond acceptors (Lipinski definition) is 5. The van der Waals surface area contributed by atoms with Gasteiger partial charge in [0.2, 0.25) is 0 Å². The Labute approximate surface area is 196 Å². The summed E-state index contributed by atoms with van der Waals surface area (Å²) in [5.74, 6) is -0.847. The second kappa shape index (κ2) is 14.5. The Balaban J connectivity index is 0.000000264. The molecule has 6 nitrogen and oxygen atoms in total. The van der Waals surface area contributed by atoms with Gasteiger partial charge in [-0.2, -0.15) is 0 Å². The number of hydrogen-bond donors (Lipinski definition) is 5. The number of rotatable bonds is 6. The monoisotopic (exact) mass is 473 g/mol. The number of aliphatic hydroxyl groups excluding tert-OH is 2. The quantitative estimate of drug-likeness (QED) is 0.349. The Hall–Kier alpha value is -2.60. The molecule has 3 rings (SSSR count). The second-order valence-corrected chi connectivity index (χ2v) is 9.73. The van der Waals surface area contributed by atoms with Gasteiger partial charge in [0.15, 0.2) is 10.6 Å². The van der Waals surface area contributed by atoms with E-state index in [1.165, 1.54) is 0 Å². The minimum atomic E-state index is -3.15. The Morgan fingerprint density at radius 1 is 0.727 bits per heavy atom. The van der Waals surface area contributed by atoms with E-state index in [2.05, 4.69) is 0 Å². The van der Waals surface area contributed by atoms with Crippen LogP contribution in [0.5, 0.6) is 0 Å². The molecule has 3 aromatic rings. The van der Waals surface area contributed by atoms with Crippen LogP contribution in [0.4, 0.5) is 0 Å². The van der Waals surface area contributed by atoms with Crippen molar-refractivity contribution in [1.29, 1.82) is 0 Å². The van der Waals surface area contributed by atoms with Gasteiger partial charge in [0, 0.05) is 5.92 Å². The smallest absolute Gasteiger partial charge is 0.335 e. The van der Waals surface area contributed by atoms with Gasteiger partial charge in [-0.25, -0.2) is 14.6 Å². The van der Waals surface area contributed by atoms with Crippen LogP contribution in [-0.4, -0.2) is 43.3 Å². The van der Waals surface area contributed by atoms with Crippen LogP contribution < -0.4 is 10.6 Å². The van der Waals surface area contributed by atoms with Gasteiger partial charge in [-0.1, -0.05) is 61.5 Å². The molecule has 0 aromatic heterocycles. The van der Waals surface area contributed by atoms with Crippen molar-refractivity contribution in [3.05, 3.63) is 96.6 Å². The van der Waals surface area contributed by atoms with Gasteiger partial charge in [-0.05, 0) is 56.7 Å². The van der Waals surface area contributed by atoms with Crippen LogP contribution in [0.3, 0.4) is 0 Å². The summed E-state index contributed by atoms with van der Waals surface area (Å²) < 4.78 is 0. The summed E-state index contributed by atoms with van der Waals surface area (Å²) in [6.07, 6.45) is 0.0417. The largest absolute Gasteiger partial charge is 0.478 e. The average molecular weight is 474 g/mol. The summed E-state index contributed by atoms with van der Waals surface area (Å²) >= 11 is 0. The van der Waals surface area contributed by atoms with E-state index >= 15 is 0 Å². The zero-order chi connectivity index (χ0) is 24.9. The van der Waals surface area contributed by atoms with Crippen molar-refractivity contribution in [3.8, 4) is 0 Å². The number of aliphatic hydroxyl groups is 2. The third-order valence-corrected chi connectivity index (χ3v) is 7.00. The summed E-state index contributed by atoms with van der Waals surface area (Å²) in [7, 11) is -3.15. The molecule has 0 saturated heterocycles. The first-order chi connectivity index (χ1) is 15.6. The lowest BCUT2D eigenvalue weighted by atomic mass is 9.95. The predicted octanol–water partition coefficient (Wildman–Crippen LogP) is 3.63. The molecule has 0 bridgehead atoms. The van der Waals surface area contributed by atoms with Gasteiger partial charge in [0.25, 0.3) is 0 Å². The maximum atomic E-state index is 10.2. The Bertz CT molecular complexity index is 866. The van der Waals surface area contributed by atoms with Crippen molar-refractivity contribution < 1.29 is 29.9 Å². The van der Waals surface area contributed by atoms with Crippen molar-refractivity contribution in [1.82, 2.24) is 0 Å². The van der Waals surface area contributed by atoms with Gasteiger partial charge in [0.05, 0.1) is 17.8 Å². The number of carbonyl (C=O) groups is 1. The molecule has 0 saturated carbocycles. The van der Waals surface area contributed by atoms with Gasteiger partial charge >= 0.3 is 13.7 Å². The standard InChI is InChI=1S/C12H12O2P.C7H6O2.C7H16O2/c13-15(14,11-7-3-1-4-8-11)12-9-5-2-6-10-12;8-7(9)6-4-2-1-3-5-6;1-4-7(5(2)8)6(3)9/h1-10,13-14H;1-5H,(H,8,9);5-9H,4H2,1-3H3/q+1;;. The SMILES string of the molecule is CCC(C(C)O)C(C)O.O=C(O)c1ccccc1.O[P+](O)(c1ccccc1)c1ccccc1. The van der Waals surface area contributed by atoms with Crippen LogP contribution in [-0.2, 0) is 0 Å². The third-order valence-electron chi connectivity index (χ3n) is 4.96. The molecule has 0 spiro atoms. The normalized spacial score (nSPS) is 13.3. The van der Waals surface area contributed by atoms with Crippen molar-refractivity contribution in [2.45, 2.75) is 39.4 Å². The summed E-state index contributed by atoms with van der Waals surface area (Å²) in [5.41, 5.74) is 0.331. The van der Waals surface area contributed by atoms with E-state index in [-0.39, 0.29) is 5.92 Å². The summed E-state index contributed by atoms with van der Waals surface area (Å²) in [6.45, 7) is 5.38. The van der Waals surface area contributed by atoms with Gasteiger partial charge in [0.1, 0.15) is 0 Å². The van der Waals surface area contributed by atoms with Gasteiger partial charge in [-0.3, -0.25) is 0 Å². The lowest BCUT2D eigenvalue weighted by Gasteiger charge is -2.20. The molecule has 2 unspecified atom stereocenters. The van der Waals surface area contributed by atoms with Crippen molar-refractivity contribution in [2.75, 3.05) is 0 Å². The molecule has 0 fully saturated rings. The minimum absolute atomic E-state index is 0.0324. The van der Waals surface area contributed by atoms with Crippen molar-refractivity contribution in [2.24, 2.45) is 5.92 Å². The van der Waals surface area contributed by atoms with Crippen LogP contribution in [0.1, 0.15) is 37.6 Å². The summed E-state index contributed by atoms with van der Waals surface area (Å²) in [6, 6.07) is 26.2. The van der Waals surface area contributed by atoms with Crippen molar-refractivity contribution in [3.63, 3.8) is 0 Å². The molecule has 33 heavy (non-hydrogen) atoms. The van der Waals surface area contributed by atoms with Gasteiger partial charge < -0.3 is 15.3 Å². The molecular formula is C26H34O6P+. The van der Waals surface area contributed by atoms with E-state index in [1.54, 1.807) is 92.7 Å². The fourth-order valence-corrected chi connectivity index (χ4v) is 4.56. The molecule has 5 N–H and O–H groups in total. The van der Waals surface area contributed by atoms with E-state index in [1.807, 2.05) is 19.1 Å². The molecule has 0 heterocycles. The molecule has 0 aliphatic rings. The molecule has 0 aliphatic carbocycles. The molecule has 0 amide bonds. The first-order valence-electron chi connectivity index (χ1n) is 10.7. The number of carboxylic acids is 1. The first-order valence-corrected chi connectivity index (χ1v) is 12.4. The Kier molecular flexibility index (Phi) is 12.5. The summed E-state index contributed by atoms with van der Waals surface area (Å²) in [4.78, 5) is 30.4. The third kappa shape index (κ3) is 9.82. The fraction of sp³-hybridized carbons (Fsp3) is 0.269. The van der Waals surface area contributed by atoms with E-state index in [4.69, 9.17) is 15.3 Å². The molecule has 0 radical (unpaired) electrons. The highest BCUT2D eigenvalue weighted by molar-refractivity contribution is 7.79. The summed E-state index contributed by atoms with van der Waals surface area (Å²) in [5, 5.41) is 27.6. The van der Waals surface area contributed by atoms with Crippen LogP contribution in [0.25, 0.3) is 0 Å². The predicted molar refractivity (Wildman–Crippen MR) is 134 cm³/mol. The molecular weight excluding hydrogens is 439 g/mol. The number of aromatic carboxylic acids is 1. The van der Waals surface area contributed by atoms with Crippen LogP contribution in [0.15, 0.2) is 91.0 Å². The lowest BCUT2D eigenvalue weighted by Crippen LogP contribution is -2.26. The number of benzene rings is 3. The van der Waals surface area contributed by atoms with Crippen LogP contribution in [0.2, 0.25) is 0 Å².